The molecule has 2 aliphatic rings. The van der Waals surface area contributed by atoms with Crippen LogP contribution in [0.4, 0.5) is 13.2 Å². The quantitative estimate of drug-likeness (QED) is 0.710. The average molecular weight is 483 g/mol. The lowest BCUT2D eigenvalue weighted by Crippen LogP contribution is -2.40. The van der Waals surface area contributed by atoms with Crippen LogP contribution in [0.25, 0.3) is 0 Å². The van der Waals surface area contributed by atoms with Crippen molar-refractivity contribution in [2.45, 2.75) is 43.3 Å². The summed E-state index contributed by atoms with van der Waals surface area (Å²) in [7, 11) is -2.30. The molecule has 0 radical (unpaired) electrons. The van der Waals surface area contributed by atoms with Crippen LogP contribution in [0.2, 0.25) is 0 Å². The Balaban J connectivity index is 1.59. The van der Waals surface area contributed by atoms with Crippen LogP contribution < -0.4 is 10.1 Å². The number of rotatable bonds is 5. The minimum atomic E-state index is -4.93. The van der Waals surface area contributed by atoms with Crippen molar-refractivity contribution in [3.05, 3.63) is 58.7 Å². The molecule has 33 heavy (non-hydrogen) atoms. The van der Waals surface area contributed by atoms with Gasteiger partial charge in [-0.1, -0.05) is 24.3 Å². The second-order valence-corrected chi connectivity index (χ2v) is 10.3. The molecule has 4 rings (SSSR count). The average Bonchev–Trinajstić information content (AvgIpc) is 2.80. The molecule has 6 nitrogen and oxygen atoms in total. The number of methoxy groups -OCH3 is 1. The molecular weight excluding hydrogens is 457 g/mol. The minimum absolute atomic E-state index is 0.138. The number of fused-ring (bicyclic) bond motifs is 2. The Bertz CT molecular complexity index is 1160. The number of halogens is 3. The van der Waals surface area contributed by atoms with E-state index in [2.05, 4.69) is 0 Å². The van der Waals surface area contributed by atoms with E-state index in [-0.39, 0.29) is 17.4 Å². The van der Waals surface area contributed by atoms with Crippen molar-refractivity contribution in [2.24, 2.45) is 5.92 Å². The SMILES string of the molecule is COc1ccc(S(=O)(=O)N2CCc3ccccc3C2)c2c1CC(CNC(=O)C(F)(F)F)CC2. The molecule has 1 amide bonds. The lowest BCUT2D eigenvalue weighted by Gasteiger charge is -2.32. The maximum absolute atomic E-state index is 13.6. The summed E-state index contributed by atoms with van der Waals surface area (Å²) in [6, 6.07) is 10.9. The first-order chi connectivity index (χ1) is 15.6. The molecule has 1 N–H and O–H groups in total. The van der Waals surface area contributed by atoms with Crippen LogP contribution in [0.15, 0.2) is 41.3 Å². The number of amides is 1. The summed E-state index contributed by atoms with van der Waals surface area (Å²) in [5.74, 6) is -1.72. The molecule has 0 spiro atoms. The molecule has 1 heterocycles. The van der Waals surface area contributed by atoms with Gasteiger partial charge in [-0.05, 0) is 66.0 Å². The third-order valence-electron chi connectivity index (χ3n) is 6.38. The monoisotopic (exact) mass is 482 g/mol. The van der Waals surface area contributed by atoms with Crippen LogP contribution in [0.1, 0.15) is 28.7 Å². The van der Waals surface area contributed by atoms with Gasteiger partial charge >= 0.3 is 12.1 Å². The second kappa shape index (κ2) is 8.98. The normalized spacial score (nSPS) is 18.8. The topological polar surface area (TPSA) is 75.7 Å². The van der Waals surface area contributed by atoms with E-state index in [1.54, 1.807) is 12.1 Å². The zero-order valence-corrected chi connectivity index (χ0v) is 18.9. The summed E-state index contributed by atoms with van der Waals surface area (Å²) in [5, 5.41) is 1.94. The maximum Gasteiger partial charge on any atom is 0.471 e. The smallest absolute Gasteiger partial charge is 0.471 e. The number of carbonyl (C=O) groups is 1. The van der Waals surface area contributed by atoms with Crippen molar-refractivity contribution in [1.82, 2.24) is 9.62 Å². The minimum Gasteiger partial charge on any atom is -0.496 e. The summed E-state index contributed by atoms with van der Waals surface area (Å²) < 4.78 is 71.6. The molecule has 10 heteroatoms. The van der Waals surface area contributed by atoms with E-state index in [1.165, 1.54) is 11.4 Å². The fourth-order valence-electron chi connectivity index (χ4n) is 4.65. The van der Waals surface area contributed by atoms with Gasteiger partial charge in [-0.25, -0.2) is 8.42 Å². The van der Waals surface area contributed by atoms with Gasteiger partial charge in [0.25, 0.3) is 0 Å². The fraction of sp³-hybridized carbons (Fsp3) is 0.435. The highest BCUT2D eigenvalue weighted by atomic mass is 32.2. The first-order valence-corrected chi connectivity index (χ1v) is 12.2. The Kier molecular flexibility index (Phi) is 6.41. The second-order valence-electron chi connectivity index (χ2n) is 8.40. The van der Waals surface area contributed by atoms with E-state index < -0.39 is 22.1 Å². The van der Waals surface area contributed by atoms with Gasteiger partial charge in [0.2, 0.25) is 10.0 Å². The van der Waals surface area contributed by atoms with Crippen molar-refractivity contribution >= 4 is 15.9 Å². The summed E-state index contributed by atoms with van der Waals surface area (Å²) >= 11 is 0. The van der Waals surface area contributed by atoms with Crippen LogP contribution in [0, 0.1) is 5.92 Å². The van der Waals surface area contributed by atoms with Crippen molar-refractivity contribution in [1.29, 1.82) is 0 Å². The molecule has 1 atom stereocenters. The highest BCUT2D eigenvalue weighted by Gasteiger charge is 2.39. The zero-order chi connectivity index (χ0) is 23.8. The van der Waals surface area contributed by atoms with Gasteiger partial charge < -0.3 is 10.1 Å². The number of nitrogens with zero attached hydrogens (tertiary/aromatic N) is 1. The summed E-state index contributed by atoms with van der Waals surface area (Å²) in [4.78, 5) is 11.4. The fourth-order valence-corrected chi connectivity index (χ4v) is 6.34. The van der Waals surface area contributed by atoms with Crippen LogP contribution in [0.5, 0.6) is 5.75 Å². The van der Waals surface area contributed by atoms with E-state index >= 15 is 0 Å². The van der Waals surface area contributed by atoms with Gasteiger partial charge in [0.05, 0.1) is 12.0 Å². The molecular formula is C23H25F3N2O4S. The van der Waals surface area contributed by atoms with Crippen molar-refractivity contribution in [2.75, 3.05) is 20.2 Å². The third-order valence-corrected chi connectivity index (χ3v) is 8.31. The molecule has 2 aromatic carbocycles. The third kappa shape index (κ3) is 4.72. The van der Waals surface area contributed by atoms with Crippen molar-refractivity contribution in [3.63, 3.8) is 0 Å². The number of ether oxygens (including phenoxy) is 1. The summed E-state index contributed by atoms with van der Waals surface area (Å²) in [6.07, 6.45) is -3.14. The Morgan fingerprint density at radius 1 is 1.12 bits per heavy atom. The molecule has 0 saturated carbocycles. The van der Waals surface area contributed by atoms with Gasteiger partial charge in [0, 0.05) is 19.6 Å². The van der Waals surface area contributed by atoms with E-state index in [9.17, 15) is 26.4 Å². The molecule has 2 aromatic rings. The largest absolute Gasteiger partial charge is 0.496 e. The molecule has 178 valence electrons. The van der Waals surface area contributed by atoms with Crippen LogP contribution >= 0.6 is 0 Å². The molecule has 1 aliphatic heterocycles. The Morgan fingerprint density at radius 3 is 2.55 bits per heavy atom. The Morgan fingerprint density at radius 2 is 1.85 bits per heavy atom. The number of benzene rings is 2. The Labute approximate surface area is 190 Å². The zero-order valence-electron chi connectivity index (χ0n) is 18.1. The first kappa shape index (κ1) is 23.6. The number of sulfonamides is 1. The number of alkyl halides is 3. The number of hydrogen-bond donors (Lipinski definition) is 1. The predicted molar refractivity (Wildman–Crippen MR) is 115 cm³/mol. The highest BCUT2D eigenvalue weighted by molar-refractivity contribution is 7.89. The maximum atomic E-state index is 13.6. The van der Waals surface area contributed by atoms with E-state index in [4.69, 9.17) is 4.74 Å². The van der Waals surface area contributed by atoms with Gasteiger partial charge in [-0.3, -0.25) is 4.79 Å². The van der Waals surface area contributed by atoms with Crippen LogP contribution in [0.3, 0.4) is 0 Å². The molecule has 0 bridgehead atoms. The molecule has 0 saturated heterocycles. The summed E-state index contributed by atoms with van der Waals surface area (Å²) in [6.45, 7) is 0.540. The molecule has 0 aromatic heterocycles. The van der Waals surface area contributed by atoms with Crippen LogP contribution in [-0.2, 0) is 40.6 Å². The summed E-state index contributed by atoms with van der Waals surface area (Å²) in [5.41, 5.74) is 3.44. The molecule has 0 fully saturated rings. The van der Waals surface area contributed by atoms with Crippen LogP contribution in [-0.4, -0.2) is 45.0 Å². The van der Waals surface area contributed by atoms with E-state index in [1.807, 2.05) is 29.6 Å². The van der Waals surface area contributed by atoms with Crippen molar-refractivity contribution < 1.29 is 31.1 Å². The molecule has 1 aliphatic carbocycles. The van der Waals surface area contributed by atoms with Gasteiger partial charge in [0.1, 0.15) is 5.75 Å². The number of nitrogens with one attached hydrogen (secondary N) is 1. The standard InChI is InChI=1S/C23H25F3N2O4S/c1-32-20-8-9-21(33(30,31)28-11-10-16-4-2-3-5-17(16)14-28)18-7-6-15(12-19(18)20)13-27-22(29)23(24,25)26/h2-5,8-9,15H,6-7,10-14H2,1H3,(H,27,29). The van der Waals surface area contributed by atoms with E-state index in [0.29, 0.717) is 55.6 Å². The molecule has 1 unspecified atom stereocenters. The highest BCUT2D eigenvalue weighted by Crippen LogP contribution is 2.38. The first-order valence-electron chi connectivity index (χ1n) is 10.7. The predicted octanol–water partition coefficient (Wildman–Crippen LogP) is 3.23. The lowest BCUT2D eigenvalue weighted by molar-refractivity contribution is -0.173. The Hall–Kier alpha value is -2.59. The van der Waals surface area contributed by atoms with E-state index in [0.717, 1.165) is 11.1 Å². The lowest BCUT2D eigenvalue weighted by atomic mass is 9.83. The number of carbonyl (C=O) groups excluding carboxylic acids is 1. The number of hydrogen-bond acceptors (Lipinski definition) is 4. The van der Waals surface area contributed by atoms with Crippen molar-refractivity contribution in [3.8, 4) is 5.75 Å². The van der Waals surface area contributed by atoms with Gasteiger partial charge in [-0.15, -0.1) is 0 Å². The van der Waals surface area contributed by atoms with Gasteiger partial charge in [0.15, 0.2) is 0 Å². The van der Waals surface area contributed by atoms with Gasteiger partial charge in [-0.2, -0.15) is 17.5 Å².